The summed E-state index contributed by atoms with van der Waals surface area (Å²) in [7, 11) is 1.80. The van der Waals surface area contributed by atoms with Crippen LogP contribution < -0.4 is 10.2 Å². The Hall–Kier alpha value is -3.74. The van der Waals surface area contributed by atoms with Gasteiger partial charge < -0.3 is 5.32 Å². The summed E-state index contributed by atoms with van der Waals surface area (Å²) in [6.07, 6.45) is 1.66. The second-order valence-corrected chi connectivity index (χ2v) is 6.17. The van der Waals surface area contributed by atoms with Crippen molar-refractivity contribution in [3.63, 3.8) is 0 Å². The second-order valence-electron chi connectivity index (χ2n) is 6.17. The summed E-state index contributed by atoms with van der Waals surface area (Å²) in [6.45, 7) is 0.326. The molecule has 3 amide bonds. The summed E-state index contributed by atoms with van der Waals surface area (Å²) in [6, 6.07) is 15.0. The average molecular weight is 360 g/mol. The highest BCUT2D eigenvalue weighted by molar-refractivity contribution is 6.34. The van der Waals surface area contributed by atoms with Crippen molar-refractivity contribution in [2.24, 2.45) is 7.05 Å². The maximum Gasteiger partial charge on any atom is 0.266 e. The smallest absolute Gasteiger partial charge is 0.266 e. The number of hydrogen-bond acceptors (Lipinski definition) is 4. The molecule has 2 heterocycles. The maximum atomic E-state index is 12.6. The van der Waals surface area contributed by atoms with Gasteiger partial charge in [0, 0.05) is 18.8 Å². The third-order valence-electron chi connectivity index (χ3n) is 4.51. The first-order valence-corrected chi connectivity index (χ1v) is 8.39. The SMILES string of the molecule is Cn1nccc1CNC(=O)c1cccc(N2C(=O)c3ccccc3C2=O)c1. The van der Waals surface area contributed by atoms with E-state index in [4.69, 9.17) is 0 Å². The van der Waals surface area contributed by atoms with E-state index in [1.807, 2.05) is 6.07 Å². The predicted octanol–water partition coefficient (Wildman–Crippen LogP) is 2.15. The molecule has 0 atom stereocenters. The molecule has 1 N–H and O–H groups in total. The minimum absolute atomic E-state index is 0.297. The number of nitrogens with zero attached hydrogens (tertiary/aromatic N) is 3. The van der Waals surface area contributed by atoms with Gasteiger partial charge in [0.25, 0.3) is 17.7 Å². The molecule has 0 radical (unpaired) electrons. The molecule has 1 aliphatic rings. The van der Waals surface area contributed by atoms with E-state index in [1.54, 1.807) is 66.5 Å². The van der Waals surface area contributed by atoms with Gasteiger partial charge in [0.15, 0.2) is 0 Å². The van der Waals surface area contributed by atoms with Crippen LogP contribution >= 0.6 is 0 Å². The van der Waals surface area contributed by atoms with Crippen molar-refractivity contribution >= 4 is 23.4 Å². The largest absolute Gasteiger partial charge is 0.346 e. The van der Waals surface area contributed by atoms with Crippen LogP contribution in [0, 0.1) is 0 Å². The fourth-order valence-electron chi connectivity index (χ4n) is 3.06. The molecule has 2 aromatic carbocycles. The molecule has 0 bridgehead atoms. The van der Waals surface area contributed by atoms with Gasteiger partial charge in [-0.25, -0.2) is 4.90 Å². The van der Waals surface area contributed by atoms with E-state index in [0.29, 0.717) is 28.9 Å². The molecule has 0 aliphatic carbocycles. The van der Waals surface area contributed by atoms with Crippen molar-refractivity contribution in [1.29, 1.82) is 0 Å². The quantitative estimate of drug-likeness (QED) is 0.723. The van der Waals surface area contributed by atoms with Gasteiger partial charge in [0.05, 0.1) is 29.1 Å². The zero-order valence-electron chi connectivity index (χ0n) is 14.5. The molecule has 0 saturated carbocycles. The van der Waals surface area contributed by atoms with Crippen LogP contribution in [0.15, 0.2) is 60.8 Å². The molecular formula is C20H16N4O3. The van der Waals surface area contributed by atoms with Crippen LogP contribution in [0.4, 0.5) is 5.69 Å². The van der Waals surface area contributed by atoms with Crippen molar-refractivity contribution in [3.05, 3.63) is 83.2 Å². The maximum absolute atomic E-state index is 12.6. The number of nitrogens with one attached hydrogen (secondary N) is 1. The lowest BCUT2D eigenvalue weighted by molar-refractivity contribution is 0.0919. The van der Waals surface area contributed by atoms with Crippen molar-refractivity contribution < 1.29 is 14.4 Å². The number of aromatic nitrogens is 2. The first-order valence-electron chi connectivity index (χ1n) is 8.39. The van der Waals surface area contributed by atoms with Gasteiger partial charge in [-0.1, -0.05) is 18.2 Å². The van der Waals surface area contributed by atoms with E-state index < -0.39 is 0 Å². The van der Waals surface area contributed by atoms with Crippen LogP contribution in [-0.4, -0.2) is 27.5 Å². The second kappa shape index (κ2) is 6.53. The van der Waals surface area contributed by atoms with Crippen molar-refractivity contribution in [1.82, 2.24) is 15.1 Å². The number of imide groups is 1. The Morgan fingerprint density at radius 3 is 2.33 bits per heavy atom. The minimum atomic E-state index is -0.386. The Morgan fingerprint density at radius 1 is 1.00 bits per heavy atom. The van der Waals surface area contributed by atoms with E-state index >= 15 is 0 Å². The number of carbonyl (C=O) groups excluding carboxylic acids is 3. The number of fused-ring (bicyclic) bond motifs is 1. The number of benzene rings is 2. The highest BCUT2D eigenvalue weighted by atomic mass is 16.2. The first kappa shape index (κ1) is 16.7. The molecule has 1 aromatic heterocycles. The van der Waals surface area contributed by atoms with Crippen LogP contribution in [-0.2, 0) is 13.6 Å². The predicted molar refractivity (Wildman–Crippen MR) is 98.4 cm³/mol. The summed E-state index contributed by atoms with van der Waals surface area (Å²) in [5.41, 5.74) is 2.34. The molecule has 3 aromatic rings. The zero-order valence-corrected chi connectivity index (χ0v) is 14.5. The normalized spacial score (nSPS) is 13.0. The number of hydrogen-bond donors (Lipinski definition) is 1. The summed E-state index contributed by atoms with van der Waals surface area (Å²) in [4.78, 5) is 38.8. The summed E-state index contributed by atoms with van der Waals surface area (Å²) >= 11 is 0. The van der Waals surface area contributed by atoms with Gasteiger partial charge in [0.2, 0.25) is 0 Å². The Labute approximate surface area is 155 Å². The van der Waals surface area contributed by atoms with E-state index in [-0.39, 0.29) is 17.7 Å². The highest BCUT2D eigenvalue weighted by Gasteiger charge is 2.36. The molecule has 134 valence electrons. The van der Waals surface area contributed by atoms with Gasteiger partial charge in [0.1, 0.15) is 0 Å². The van der Waals surface area contributed by atoms with E-state index in [9.17, 15) is 14.4 Å². The Kier molecular flexibility index (Phi) is 4.04. The number of rotatable bonds is 4. The van der Waals surface area contributed by atoms with Crippen molar-refractivity contribution in [2.45, 2.75) is 6.54 Å². The average Bonchev–Trinajstić information content (AvgIpc) is 3.21. The van der Waals surface area contributed by atoms with Crippen LogP contribution in [0.1, 0.15) is 36.8 Å². The molecule has 0 unspecified atom stereocenters. The lowest BCUT2D eigenvalue weighted by Crippen LogP contribution is -2.30. The Morgan fingerprint density at radius 2 is 1.70 bits per heavy atom. The Balaban J connectivity index is 1.56. The minimum Gasteiger partial charge on any atom is -0.346 e. The van der Waals surface area contributed by atoms with Crippen LogP contribution in [0.3, 0.4) is 0 Å². The summed E-state index contributed by atoms with van der Waals surface area (Å²) in [5.74, 6) is -1.07. The van der Waals surface area contributed by atoms with Gasteiger partial charge in [-0.2, -0.15) is 5.10 Å². The van der Waals surface area contributed by atoms with Crippen LogP contribution in [0.25, 0.3) is 0 Å². The van der Waals surface area contributed by atoms with Gasteiger partial charge >= 0.3 is 0 Å². The summed E-state index contributed by atoms with van der Waals surface area (Å²) in [5, 5.41) is 6.87. The fourth-order valence-corrected chi connectivity index (χ4v) is 3.06. The van der Waals surface area contributed by atoms with E-state index in [0.717, 1.165) is 10.6 Å². The topological polar surface area (TPSA) is 84.3 Å². The fraction of sp³-hybridized carbons (Fsp3) is 0.100. The highest BCUT2D eigenvalue weighted by Crippen LogP contribution is 2.28. The third kappa shape index (κ3) is 2.89. The Bertz CT molecular complexity index is 1040. The third-order valence-corrected chi connectivity index (χ3v) is 4.51. The molecule has 4 rings (SSSR count). The monoisotopic (exact) mass is 360 g/mol. The summed E-state index contributed by atoms with van der Waals surface area (Å²) < 4.78 is 1.68. The number of anilines is 1. The van der Waals surface area contributed by atoms with E-state index in [1.165, 1.54) is 0 Å². The van der Waals surface area contributed by atoms with Gasteiger partial charge in [-0.15, -0.1) is 0 Å². The van der Waals surface area contributed by atoms with Gasteiger partial charge in [-0.3, -0.25) is 19.1 Å². The van der Waals surface area contributed by atoms with Crippen molar-refractivity contribution in [3.8, 4) is 0 Å². The molecule has 7 nitrogen and oxygen atoms in total. The lowest BCUT2D eigenvalue weighted by atomic mass is 10.1. The molecule has 0 spiro atoms. The van der Waals surface area contributed by atoms with Crippen LogP contribution in [0.2, 0.25) is 0 Å². The first-order chi connectivity index (χ1) is 13.1. The lowest BCUT2D eigenvalue weighted by Gasteiger charge is -2.15. The van der Waals surface area contributed by atoms with Crippen LogP contribution in [0.5, 0.6) is 0 Å². The number of carbonyl (C=O) groups is 3. The molecule has 0 fully saturated rings. The van der Waals surface area contributed by atoms with Crippen molar-refractivity contribution in [2.75, 3.05) is 4.90 Å². The molecule has 1 aliphatic heterocycles. The zero-order chi connectivity index (χ0) is 19.0. The number of amides is 3. The van der Waals surface area contributed by atoms with E-state index in [2.05, 4.69) is 10.4 Å². The number of aryl methyl sites for hydroxylation is 1. The standard InChI is InChI=1S/C20H16N4O3/c1-23-15(9-10-22-23)12-21-18(25)13-5-4-6-14(11-13)24-19(26)16-7-2-3-8-17(16)20(24)27/h2-11H,12H2,1H3,(H,21,25). The molecule has 0 saturated heterocycles. The molecular weight excluding hydrogens is 344 g/mol. The molecule has 7 heteroatoms. The van der Waals surface area contributed by atoms with Gasteiger partial charge in [-0.05, 0) is 36.4 Å². The molecule has 27 heavy (non-hydrogen) atoms.